The summed E-state index contributed by atoms with van der Waals surface area (Å²) in [5.41, 5.74) is 5.87. The molecule has 1 amide bonds. The second kappa shape index (κ2) is 7.35. The zero-order valence-corrected chi connectivity index (χ0v) is 11.8. The van der Waals surface area contributed by atoms with Crippen LogP contribution in [-0.4, -0.2) is 26.2 Å². The second-order valence-electron chi connectivity index (χ2n) is 4.29. The van der Waals surface area contributed by atoms with E-state index in [1.54, 1.807) is 13.2 Å². The van der Waals surface area contributed by atoms with Gasteiger partial charge in [-0.2, -0.15) is 0 Å². The molecule has 2 aromatic rings. The highest BCUT2D eigenvalue weighted by Crippen LogP contribution is 2.16. The predicted molar refractivity (Wildman–Crippen MR) is 77.4 cm³/mol. The van der Waals surface area contributed by atoms with Crippen LogP contribution in [0.3, 0.4) is 0 Å². The lowest BCUT2D eigenvalue weighted by atomic mass is 10.3. The van der Waals surface area contributed by atoms with Crippen LogP contribution in [-0.2, 0) is 6.54 Å². The van der Waals surface area contributed by atoms with Crippen LogP contribution in [0.4, 0.5) is 0 Å². The van der Waals surface area contributed by atoms with Crippen LogP contribution in [0, 0.1) is 0 Å². The molecule has 0 saturated carbocycles. The first-order valence-electron chi connectivity index (χ1n) is 6.55. The minimum absolute atomic E-state index is 0.211. The van der Waals surface area contributed by atoms with E-state index in [2.05, 4.69) is 5.32 Å². The first kappa shape index (κ1) is 14.9. The topological polar surface area (TPSA) is 86.7 Å². The van der Waals surface area contributed by atoms with Crippen molar-refractivity contribution in [2.75, 3.05) is 20.3 Å². The van der Waals surface area contributed by atoms with Crippen molar-refractivity contribution in [3.63, 3.8) is 0 Å². The van der Waals surface area contributed by atoms with Gasteiger partial charge in [0, 0.05) is 0 Å². The number of rotatable bonds is 7. The van der Waals surface area contributed by atoms with Crippen LogP contribution in [0.15, 0.2) is 41.0 Å². The molecule has 0 aliphatic heterocycles. The van der Waals surface area contributed by atoms with E-state index in [-0.39, 0.29) is 12.5 Å². The molecule has 112 valence electrons. The van der Waals surface area contributed by atoms with Gasteiger partial charge < -0.3 is 24.9 Å². The summed E-state index contributed by atoms with van der Waals surface area (Å²) in [5.74, 6) is 1.86. The summed E-state index contributed by atoms with van der Waals surface area (Å²) >= 11 is 0. The lowest BCUT2D eigenvalue weighted by Crippen LogP contribution is -2.27. The Morgan fingerprint density at radius 2 is 2.00 bits per heavy atom. The SMILES string of the molecule is COc1ccc(OCCNC(=O)c2coc(CN)c2)cc1. The van der Waals surface area contributed by atoms with E-state index in [0.717, 1.165) is 11.5 Å². The van der Waals surface area contributed by atoms with Gasteiger partial charge in [-0.25, -0.2) is 0 Å². The summed E-state index contributed by atoms with van der Waals surface area (Å²) in [7, 11) is 1.61. The highest BCUT2D eigenvalue weighted by molar-refractivity contribution is 5.93. The van der Waals surface area contributed by atoms with E-state index < -0.39 is 0 Å². The quantitative estimate of drug-likeness (QED) is 0.756. The zero-order chi connectivity index (χ0) is 15.1. The summed E-state index contributed by atoms with van der Waals surface area (Å²) in [6.45, 7) is 1.04. The fraction of sp³-hybridized carbons (Fsp3) is 0.267. The third kappa shape index (κ3) is 4.25. The molecular formula is C15H18N2O4. The van der Waals surface area contributed by atoms with Gasteiger partial charge in [-0.05, 0) is 30.3 Å². The Morgan fingerprint density at radius 3 is 2.62 bits per heavy atom. The highest BCUT2D eigenvalue weighted by atomic mass is 16.5. The maximum absolute atomic E-state index is 11.8. The first-order valence-corrected chi connectivity index (χ1v) is 6.55. The second-order valence-corrected chi connectivity index (χ2v) is 4.29. The molecule has 0 fully saturated rings. The number of amides is 1. The molecule has 0 spiro atoms. The van der Waals surface area contributed by atoms with Crippen LogP contribution >= 0.6 is 0 Å². The van der Waals surface area contributed by atoms with Crippen LogP contribution in [0.1, 0.15) is 16.1 Å². The van der Waals surface area contributed by atoms with Gasteiger partial charge in [0.2, 0.25) is 0 Å². The molecule has 1 aromatic heterocycles. The fourth-order valence-corrected chi connectivity index (χ4v) is 1.71. The van der Waals surface area contributed by atoms with Crippen LogP contribution < -0.4 is 20.5 Å². The third-order valence-electron chi connectivity index (χ3n) is 2.83. The summed E-state index contributed by atoms with van der Waals surface area (Å²) in [5, 5.41) is 2.74. The number of methoxy groups -OCH3 is 1. The molecule has 1 heterocycles. The van der Waals surface area contributed by atoms with Gasteiger partial charge in [0.05, 0.1) is 25.8 Å². The summed E-state index contributed by atoms with van der Waals surface area (Å²) in [6.07, 6.45) is 1.39. The minimum atomic E-state index is -0.211. The van der Waals surface area contributed by atoms with E-state index in [4.69, 9.17) is 19.6 Å². The molecule has 21 heavy (non-hydrogen) atoms. The van der Waals surface area contributed by atoms with Crippen molar-refractivity contribution in [2.24, 2.45) is 5.73 Å². The number of hydrogen-bond donors (Lipinski definition) is 2. The molecule has 3 N–H and O–H groups in total. The number of nitrogens with one attached hydrogen (secondary N) is 1. The predicted octanol–water partition coefficient (Wildman–Crippen LogP) is 1.56. The van der Waals surface area contributed by atoms with Crippen LogP contribution in [0.2, 0.25) is 0 Å². The average Bonchev–Trinajstić information content (AvgIpc) is 3.01. The Kier molecular flexibility index (Phi) is 5.22. The smallest absolute Gasteiger partial charge is 0.254 e. The molecule has 6 nitrogen and oxygen atoms in total. The Hall–Kier alpha value is -2.47. The van der Waals surface area contributed by atoms with Gasteiger partial charge in [0.25, 0.3) is 5.91 Å². The Morgan fingerprint density at radius 1 is 1.29 bits per heavy atom. The summed E-state index contributed by atoms with van der Waals surface area (Å²) < 4.78 is 15.7. The van der Waals surface area contributed by atoms with E-state index in [0.29, 0.717) is 24.5 Å². The highest BCUT2D eigenvalue weighted by Gasteiger charge is 2.08. The minimum Gasteiger partial charge on any atom is -0.497 e. The van der Waals surface area contributed by atoms with Crippen molar-refractivity contribution in [3.8, 4) is 11.5 Å². The first-order chi connectivity index (χ1) is 10.2. The van der Waals surface area contributed by atoms with Crippen LogP contribution in [0.5, 0.6) is 11.5 Å². The molecular weight excluding hydrogens is 272 g/mol. The van der Waals surface area contributed by atoms with Crippen molar-refractivity contribution >= 4 is 5.91 Å². The summed E-state index contributed by atoms with van der Waals surface area (Å²) in [4.78, 5) is 11.8. The molecule has 1 aromatic carbocycles. The number of nitrogens with two attached hydrogens (primary N) is 1. The Bertz CT molecular complexity index is 578. The maximum Gasteiger partial charge on any atom is 0.254 e. The van der Waals surface area contributed by atoms with Gasteiger partial charge in [-0.1, -0.05) is 0 Å². The number of carbonyl (C=O) groups is 1. The maximum atomic E-state index is 11.8. The molecule has 0 aliphatic carbocycles. The van der Waals surface area contributed by atoms with Crippen LogP contribution in [0.25, 0.3) is 0 Å². The normalized spacial score (nSPS) is 10.2. The molecule has 0 atom stereocenters. The monoisotopic (exact) mass is 290 g/mol. The lowest BCUT2D eigenvalue weighted by Gasteiger charge is -2.07. The molecule has 6 heteroatoms. The van der Waals surface area contributed by atoms with Gasteiger partial charge in [-0.3, -0.25) is 4.79 Å². The van der Waals surface area contributed by atoms with Gasteiger partial charge in [0.15, 0.2) is 0 Å². The van der Waals surface area contributed by atoms with Crippen molar-refractivity contribution in [1.29, 1.82) is 0 Å². The summed E-state index contributed by atoms with van der Waals surface area (Å²) in [6, 6.07) is 8.87. The standard InChI is InChI=1S/C15H18N2O4/c1-19-12-2-4-13(5-3-12)20-7-6-17-15(18)11-8-14(9-16)21-10-11/h2-5,8,10H,6-7,9,16H2,1H3,(H,17,18). The van der Waals surface area contributed by atoms with Crippen molar-refractivity contribution in [1.82, 2.24) is 5.32 Å². The Labute approximate surface area is 122 Å². The average molecular weight is 290 g/mol. The third-order valence-corrected chi connectivity index (χ3v) is 2.83. The van der Waals surface area contributed by atoms with Gasteiger partial charge in [0.1, 0.15) is 30.1 Å². The van der Waals surface area contributed by atoms with Crippen molar-refractivity contribution < 1.29 is 18.7 Å². The molecule has 0 radical (unpaired) electrons. The van der Waals surface area contributed by atoms with Gasteiger partial charge >= 0.3 is 0 Å². The molecule has 0 bridgehead atoms. The van der Waals surface area contributed by atoms with E-state index in [9.17, 15) is 4.79 Å². The zero-order valence-electron chi connectivity index (χ0n) is 11.8. The van der Waals surface area contributed by atoms with E-state index >= 15 is 0 Å². The van der Waals surface area contributed by atoms with E-state index in [1.807, 2.05) is 24.3 Å². The van der Waals surface area contributed by atoms with Gasteiger partial charge in [-0.15, -0.1) is 0 Å². The largest absolute Gasteiger partial charge is 0.497 e. The number of ether oxygens (including phenoxy) is 2. The lowest BCUT2D eigenvalue weighted by molar-refractivity contribution is 0.0946. The fourth-order valence-electron chi connectivity index (χ4n) is 1.71. The number of benzene rings is 1. The molecule has 0 aliphatic rings. The van der Waals surface area contributed by atoms with Crippen molar-refractivity contribution in [3.05, 3.63) is 47.9 Å². The molecule has 2 rings (SSSR count). The van der Waals surface area contributed by atoms with Crippen molar-refractivity contribution in [2.45, 2.75) is 6.54 Å². The molecule has 0 unspecified atom stereocenters. The Balaban J connectivity index is 1.72. The number of furan rings is 1. The number of carbonyl (C=O) groups excluding carboxylic acids is 1. The molecule has 0 saturated heterocycles. The van der Waals surface area contributed by atoms with E-state index in [1.165, 1.54) is 6.26 Å². The number of hydrogen-bond acceptors (Lipinski definition) is 5.